The number of aryl methyl sites for hydroxylation is 1. The average molecular weight is 407 g/mol. The molecule has 0 aliphatic rings. The average Bonchev–Trinajstić information content (AvgIpc) is 2.66. The van der Waals surface area contributed by atoms with Crippen LogP contribution in [0.5, 0.6) is 11.6 Å². The highest BCUT2D eigenvalue weighted by Gasteiger charge is 2.07. The zero-order valence-electron chi connectivity index (χ0n) is 14.0. The van der Waals surface area contributed by atoms with E-state index in [4.69, 9.17) is 4.74 Å². The summed E-state index contributed by atoms with van der Waals surface area (Å²) in [5.74, 6) is 1.99. The van der Waals surface area contributed by atoms with Crippen LogP contribution >= 0.6 is 15.9 Å². The Balaban J connectivity index is 1.57. The van der Waals surface area contributed by atoms with Crippen LogP contribution in [0.2, 0.25) is 0 Å². The molecule has 0 aliphatic carbocycles. The second kappa shape index (κ2) is 7.09. The Kier molecular flexibility index (Phi) is 4.50. The van der Waals surface area contributed by atoms with Gasteiger partial charge in [-0.05, 0) is 37.3 Å². The van der Waals surface area contributed by atoms with Gasteiger partial charge in [0.25, 0.3) is 0 Å². The first-order valence-corrected chi connectivity index (χ1v) is 8.86. The fourth-order valence-corrected chi connectivity index (χ4v) is 3.11. The Morgan fingerprint density at radius 2 is 1.81 bits per heavy atom. The molecule has 0 bridgehead atoms. The standard InChI is InChI=1S/C20H15BrN4O/c1-13-18(6-3-10-22-13)26-19-8-7-14(12-24-19)25-20-16-4-2-5-17(21)15(16)9-11-23-20/h2-12H,1H3,(H,23,25). The second-order valence-electron chi connectivity index (χ2n) is 5.69. The first-order valence-electron chi connectivity index (χ1n) is 8.06. The molecule has 0 unspecified atom stereocenters. The Morgan fingerprint density at radius 1 is 0.885 bits per heavy atom. The number of aromatic nitrogens is 3. The Bertz CT molecular complexity index is 1070. The van der Waals surface area contributed by atoms with Gasteiger partial charge in [0.15, 0.2) is 5.75 Å². The number of rotatable bonds is 4. The summed E-state index contributed by atoms with van der Waals surface area (Å²) in [7, 11) is 0. The molecule has 5 nitrogen and oxygen atoms in total. The van der Waals surface area contributed by atoms with Gasteiger partial charge in [0.1, 0.15) is 5.82 Å². The molecule has 26 heavy (non-hydrogen) atoms. The van der Waals surface area contributed by atoms with Crippen molar-refractivity contribution in [2.45, 2.75) is 6.92 Å². The van der Waals surface area contributed by atoms with Crippen molar-refractivity contribution in [2.75, 3.05) is 5.32 Å². The highest BCUT2D eigenvalue weighted by molar-refractivity contribution is 9.10. The van der Waals surface area contributed by atoms with Gasteiger partial charge in [-0.1, -0.05) is 28.1 Å². The van der Waals surface area contributed by atoms with Crippen molar-refractivity contribution in [3.8, 4) is 11.6 Å². The molecule has 0 amide bonds. The minimum atomic E-state index is 0.514. The van der Waals surface area contributed by atoms with E-state index in [-0.39, 0.29) is 0 Å². The van der Waals surface area contributed by atoms with E-state index in [1.54, 1.807) is 18.6 Å². The predicted octanol–water partition coefficient (Wildman–Crippen LogP) is 5.63. The lowest BCUT2D eigenvalue weighted by atomic mass is 10.1. The number of pyridine rings is 3. The summed E-state index contributed by atoms with van der Waals surface area (Å²) in [6.45, 7) is 1.90. The molecule has 4 aromatic rings. The van der Waals surface area contributed by atoms with Gasteiger partial charge in [-0.3, -0.25) is 4.98 Å². The van der Waals surface area contributed by atoms with Gasteiger partial charge in [-0.15, -0.1) is 0 Å². The topological polar surface area (TPSA) is 59.9 Å². The summed E-state index contributed by atoms with van der Waals surface area (Å²) >= 11 is 3.57. The third-order valence-corrected chi connectivity index (χ3v) is 4.62. The summed E-state index contributed by atoms with van der Waals surface area (Å²) in [6.07, 6.45) is 5.24. The second-order valence-corrected chi connectivity index (χ2v) is 6.55. The Labute approximate surface area is 159 Å². The summed E-state index contributed by atoms with van der Waals surface area (Å²) in [5.41, 5.74) is 1.65. The van der Waals surface area contributed by atoms with Gasteiger partial charge in [-0.2, -0.15) is 0 Å². The number of benzene rings is 1. The van der Waals surface area contributed by atoms with Crippen LogP contribution in [0, 0.1) is 6.92 Å². The Hall–Kier alpha value is -2.99. The van der Waals surface area contributed by atoms with Crippen LogP contribution in [-0.4, -0.2) is 15.0 Å². The first-order chi connectivity index (χ1) is 12.7. The van der Waals surface area contributed by atoms with E-state index in [2.05, 4.69) is 36.2 Å². The zero-order valence-corrected chi connectivity index (χ0v) is 15.6. The smallest absolute Gasteiger partial charge is 0.219 e. The minimum absolute atomic E-state index is 0.514. The van der Waals surface area contributed by atoms with Crippen molar-refractivity contribution in [2.24, 2.45) is 0 Å². The number of anilines is 2. The van der Waals surface area contributed by atoms with Crippen molar-refractivity contribution in [1.29, 1.82) is 0 Å². The molecule has 0 fully saturated rings. The van der Waals surface area contributed by atoms with E-state index >= 15 is 0 Å². The monoisotopic (exact) mass is 406 g/mol. The van der Waals surface area contributed by atoms with Crippen LogP contribution in [0.25, 0.3) is 10.8 Å². The molecule has 128 valence electrons. The summed E-state index contributed by atoms with van der Waals surface area (Å²) < 4.78 is 6.81. The summed E-state index contributed by atoms with van der Waals surface area (Å²) in [5, 5.41) is 5.45. The van der Waals surface area contributed by atoms with E-state index < -0.39 is 0 Å². The number of ether oxygens (including phenoxy) is 1. The van der Waals surface area contributed by atoms with Crippen molar-refractivity contribution < 1.29 is 4.74 Å². The van der Waals surface area contributed by atoms with Crippen LogP contribution < -0.4 is 10.1 Å². The van der Waals surface area contributed by atoms with Crippen molar-refractivity contribution in [3.05, 3.63) is 77.3 Å². The number of fused-ring (bicyclic) bond motifs is 1. The Morgan fingerprint density at radius 3 is 2.62 bits per heavy atom. The summed E-state index contributed by atoms with van der Waals surface area (Å²) in [4.78, 5) is 13.0. The third-order valence-electron chi connectivity index (χ3n) is 3.92. The number of nitrogens with one attached hydrogen (secondary N) is 1. The maximum Gasteiger partial charge on any atom is 0.219 e. The molecule has 4 rings (SSSR count). The molecular weight excluding hydrogens is 392 g/mol. The molecule has 0 aliphatic heterocycles. The van der Waals surface area contributed by atoms with Gasteiger partial charge in [-0.25, -0.2) is 9.97 Å². The molecule has 3 heterocycles. The molecule has 0 spiro atoms. The van der Waals surface area contributed by atoms with Crippen molar-refractivity contribution >= 4 is 38.2 Å². The molecule has 0 saturated heterocycles. The highest BCUT2D eigenvalue weighted by Crippen LogP contribution is 2.30. The van der Waals surface area contributed by atoms with E-state index in [9.17, 15) is 0 Å². The van der Waals surface area contributed by atoms with Gasteiger partial charge in [0.05, 0.1) is 17.6 Å². The van der Waals surface area contributed by atoms with E-state index in [0.29, 0.717) is 11.6 Å². The number of hydrogen-bond donors (Lipinski definition) is 1. The lowest BCUT2D eigenvalue weighted by molar-refractivity contribution is 0.457. The molecule has 0 radical (unpaired) electrons. The molecule has 0 atom stereocenters. The van der Waals surface area contributed by atoms with Gasteiger partial charge in [0, 0.05) is 33.7 Å². The number of hydrogen-bond acceptors (Lipinski definition) is 5. The minimum Gasteiger partial charge on any atom is -0.437 e. The largest absolute Gasteiger partial charge is 0.437 e. The van der Waals surface area contributed by atoms with E-state index in [0.717, 1.165) is 32.4 Å². The lowest BCUT2D eigenvalue weighted by Gasteiger charge is -2.10. The molecule has 0 saturated carbocycles. The molecule has 6 heteroatoms. The zero-order chi connectivity index (χ0) is 17.9. The fourth-order valence-electron chi connectivity index (χ4n) is 2.61. The molecular formula is C20H15BrN4O. The van der Waals surface area contributed by atoms with Crippen LogP contribution in [0.15, 0.2) is 71.6 Å². The van der Waals surface area contributed by atoms with Crippen LogP contribution in [0.3, 0.4) is 0 Å². The van der Waals surface area contributed by atoms with Crippen LogP contribution in [0.1, 0.15) is 5.69 Å². The van der Waals surface area contributed by atoms with Gasteiger partial charge < -0.3 is 10.1 Å². The molecule has 1 N–H and O–H groups in total. The van der Waals surface area contributed by atoms with Gasteiger partial charge in [0.2, 0.25) is 5.88 Å². The van der Waals surface area contributed by atoms with Crippen molar-refractivity contribution in [3.63, 3.8) is 0 Å². The fraction of sp³-hybridized carbons (Fsp3) is 0.0500. The lowest BCUT2D eigenvalue weighted by Crippen LogP contribution is -1.96. The molecule has 3 aromatic heterocycles. The van der Waals surface area contributed by atoms with Crippen LogP contribution in [-0.2, 0) is 0 Å². The van der Waals surface area contributed by atoms with E-state index in [1.807, 2.05) is 55.5 Å². The predicted molar refractivity (Wildman–Crippen MR) is 106 cm³/mol. The maximum absolute atomic E-state index is 5.78. The third kappa shape index (κ3) is 3.36. The quantitative estimate of drug-likeness (QED) is 0.475. The normalized spacial score (nSPS) is 10.7. The summed E-state index contributed by atoms with van der Waals surface area (Å²) in [6, 6.07) is 15.4. The van der Waals surface area contributed by atoms with Crippen LogP contribution in [0.4, 0.5) is 11.5 Å². The number of nitrogens with zero attached hydrogens (tertiary/aromatic N) is 3. The van der Waals surface area contributed by atoms with E-state index in [1.165, 1.54) is 0 Å². The van der Waals surface area contributed by atoms with Gasteiger partial charge >= 0.3 is 0 Å². The van der Waals surface area contributed by atoms with Crippen molar-refractivity contribution in [1.82, 2.24) is 15.0 Å². The first kappa shape index (κ1) is 16.5. The molecule has 1 aromatic carbocycles. The maximum atomic E-state index is 5.78. The highest BCUT2D eigenvalue weighted by atomic mass is 79.9. The SMILES string of the molecule is Cc1ncccc1Oc1ccc(Nc2nccc3c(Br)cccc23)cn1. The number of halogens is 1.